The summed E-state index contributed by atoms with van der Waals surface area (Å²) >= 11 is 0. The molecule has 0 radical (unpaired) electrons. The molecule has 0 bridgehead atoms. The van der Waals surface area contributed by atoms with Crippen molar-refractivity contribution in [3.8, 4) is 0 Å². The maximum Gasteiger partial charge on any atom is 0.327 e. The van der Waals surface area contributed by atoms with E-state index >= 15 is 0 Å². The second-order valence-corrected chi connectivity index (χ2v) is 5.92. The van der Waals surface area contributed by atoms with Gasteiger partial charge >= 0.3 is 5.97 Å². The maximum absolute atomic E-state index is 11.8. The Morgan fingerprint density at radius 2 is 1.95 bits per heavy atom. The first kappa shape index (κ1) is 15.0. The Labute approximate surface area is 109 Å². The molecular weight excluding hydrogens is 274 g/mol. The molecule has 0 fully saturated rings. The molecule has 1 heterocycles. The van der Waals surface area contributed by atoms with Gasteiger partial charge in [0.15, 0.2) is 9.84 Å². The minimum atomic E-state index is -3.75. The number of carboxylic acid groups (broad SMARTS) is 1. The van der Waals surface area contributed by atoms with E-state index in [0.717, 1.165) is 6.92 Å². The van der Waals surface area contributed by atoms with Crippen molar-refractivity contribution in [3.05, 3.63) is 24.3 Å². The average molecular weight is 287 g/mol. The third-order valence-electron chi connectivity index (χ3n) is 2.06. The third kappa shape index (κ3) is 5.42. The summed E-state index contributed by atoms with van der Waals surface area (Å²) in [5, 5.41) is 10.9. The number of amides is 1. The number of carbonyl (C=O) groups is 2. The van der Waals surface area contributed by atoms with Gasteiger partial charge in [-0.15, -0.1) is 0 Å². The molecule has 1 amide bonds. The predicted molar refractivity (Wildman–Crippen MR) is 64.8 cm³/mol. The average Bonchev–Trinajstić information content (AvgIpc) is 2.27. The summed E-state index contributed by atoms with van der Waals surface area (Å²) in [5.41, 5.74) is 0. The van der Waals surface area contributed by atoms with Crippen LogP contribution >= 0.6 is 0 Å². The monoisotopic (exact) mass is 287 g/mol. The van der Waals surface area contributed by atoms with Crippen LogP contribution in [0.15, 0.2) is 18.5 Å². The fraction of sp³-hybridized carbons (Fsp3) is 0.400. The quantitative estimate of drug-likeness (QED) is 0.685. The van der Waals surface area contributed by atoms with E-state index in [0.29, 0.717) is 0 Å². The van der Waals surface area contributed by atoms with E-state index in [4.69, 9.17) is 5.11 Å². The van der Waals surface area contributed by atoms with Crippen molar-refractivity contribution in [1.82, 2.24) is 15.3 Å². The van der Waals surface area contributed by atoms with Gasteiger partial charge in [0.05, 0.1) is 5.75 Å². The van der Waals surface area contributed by atoms with Gasteiger partial charge in [-0.2, -0.15) is 0 Å². The molecule has 0 aliphatic rings. The summed E-state index contributed by atoms with van der Waals surface area (Å²) in [5.74, 6) is -3.13. The first-order valence-corrected chi connectivity index (χ1v) is 7.08. The van der Waals surface area contributed by atoms with Crippen LogP contribution in [-0.4, -0.2) is 47.2 Å². The lowest BCUT2D eigenvalue weighted by Crippen LogP contribution is -2.44. The lowest BCUT2D eigenvalue weighted by Gasteiger charge is -2.13. The van der Waals surface area contributed by atoms with Gasteiger partial charge in [0, 0.05) is 19.3 Å². The van der Waals surface area contributed by atoms with Crippen molar-refractivity contribution in [2.75, 3.05) is 5.75 Å². The molecule has 0 aliphatic heterocycles. The van der Waals surface area contributed by atoms with Crippen LogP contribution in [0.3, 0.4) is 0 Å². The zero-order valence-electron chi connectivity index (χ0n) is 10.1. The minimum Gasteiger partial charge on any atom is -0.480 e. The molecule has 0 saturated carbocycles. The van der Waals surface area contributed by atoms with Gasteiger partial charge in [-0.25, -0.2) is 23.2 Å². The first-order valence-electron chi connectivity index (χ1n) is 5.26. The van der Waals surface area contributed by atoms with Crippen molar-refractivity contribution in [2.45, 2.75) is 18.7 Å². The normalized spacial score (nSPS) is 12.7. The molecule has 0 aromatic carbocycles. The zero-order chi connectivity index (χ0) is 14.5. The van der Waals surface area contributed by atoms with Gasteiger partial charge in [-0.1, -0.05) is 0 Å². The molecule has 0 saturated heterocycles. The molecule has 0 spiro atoms. The van der Waals surface area contributed by atoms with Gasteiger partial charge in [0.1, 0.15) is 17.6 Å². The van der Waals surface area contributed by atoms with Crippen LogP contribution in [-0.2, 0) is 25.2 Å². The predicted octanol–water partition coefficient (Wildman–Crippen LogP) is -1.02. The molecule has 1 unspecified atom stereocenters. The minimum absolute atomic E-state index is 0.0782. The Morgan fingerprint density at radius 1 is 1.37 bits per heavy atom. The Bertz CT molecular complexity index is 558. The van der Waals surface area contributed by atoms with Crippen LogP contribution in [0.1, 0.15) is 12.7 Å². The molecule has 1 atom stereocenters. The Balaban J connectivity index is 2.77. The Morgan fingerprint density at radius 3 is 2.42 bits per heavy atom. The van der Waals surface area contributed by atoms with E-state index in [9.17, 15) is 18.0 Å². The molecule has 1 rings (SSSR count). The molecule has 8 nitrogen and oxygen atoms in total. The highest BCUT2D eigenvalue weighted by Gasteiger charge is 2.26. The molecule has 0 aliphatic carbocycles. The smallest absolute Gasteiger partial charge is 0.327 e. The van der Waals surface area contributed by atoms with E-state index in [1.165, 1.54) is 18.5 Å². The summed E-state index contributed by atoms with van der Waals surface area (Å²) in [6, 6.07) is 0.0548. The van der Waals surface area contributed by atoms with Crippen LogP contribution in [0.4, 0.5) is 0 Å². The van der Waals surface area contributed by atoms with Crippen LogP contribution < -0.4 is 5.32 Å². The van der Waals surface area contributed by atoms with E-state index < -0.39 is 39.3 Å². The van der Waals surface area contributed by atoms with E-state index in [2.05, 4.69) is 15.3 Å². The van der Waals surface area contributed by atoms with Gasteiger partial charge in [0.2, 0.25) is 5.91 Å². The highest BCUT2D eigenvalue weighted by molar-refractivity contribution is 7.90. The van der Waals surface area contributed by atoms with Gasteiger partial charge in [-0.3, -0.25) is 4.79 Å². The summed E-state index contributed by atoms with van der Waals surface area (Å²) in [7, 11) is -3.75. The molecular formula is C10H13N3O5S. The fourth-order valence-electron chi connectivity index (χ4n) is 1.33. The zero-order valence-corrected chi connectivity index (χ0v) is 10.9. The van der Waals surface area contributed by atoms with Crippen LogP contribution in [0.5, 0.6) is 0 Å². The molecule has 1 aromatic heterocycles. The number of nitrogens with zero attached hydrogens (tertiary/aromatic N) is 2. The topological polar surface area (TPSA) is 126 Å². The standard InChI is InChI=1S/C10H13N3O5S/c1-7(14)13-8(10(15)16)5-19(17,18)6-9-11-3-2-4-12-9/h2-4,8H,5-6H2,1H3,(H,13,14)(H,15,16). The largest absolute Gasteiger partial charge is 0.480 e. The summed E-state index contributed by atoms with van der Waals surface area (Å²) in [4.78, 5) is 29.2. The third-order valence-corrected chi connectivity index (χ3v) is 3.60. The number of carbonyl (C=O) groups excluding carboxylic acids is 1. The van der Waals surface area contributed by atoms with Gasteiger partial charge in [-0.05, 0) is 6.07 Å². The van der Waals surface area contributed by atoms with Crippen LogP contribution in [0.25, 0.3) is 0 Å². The van der Waals surface area contributed by atoms with Crippen molar-refractivity contribution in [1.29, 1.82) is 0 Å². The number of aromatic nitrogens is 2. The van der Waals surface area contributed by atoms with Crippen molar-refractivity contribution in [3.63, 3.8) is 0 Å². The first-order chi connectivity index (χ1) is 8.80. The highest BCUT2D eigenvalue weighted by atomic mass is 32.2. The number of rotatable bonds is 6. The van der Waals surface area contributed by atoms with Crippen molar-refractivity contribution in [2.24, 2.45) is 0 Å². The molecule has 2 N–H and O–H groups in total. The fourth-order valence-corrected chi connectivity index (χ4v) is 2.73. The van der Waals surface area contributed by atoms with Crippen molar-refractivity contribution < 1.29 is 23.1 Å². The SMILES string of the molecule is CC(=O)NC(CS(=O)(=O)Cc1ncccn1)C(=O)O. The van der Waals surface area contributed by atoms with Gasteiger partial charge in [0.25, 0.3) is 0 Å². The number of hydrogen-bond donors (Lipinski definition) is 2. The van der Waals surface area contributed by atoms with E-state index in [1.54, 1.807) is 0 Å². The Hall–Kier alpha value is -2.03. The number of nitrogens with one attached hydrogen (secondary N) is 1. The molecule has 104 valence electrons. The lowest BCUT2D eigenvalue weighted by molar-refractivity contribution is -0.140. The summed E-state index contributed by atoms with van der Waals surface area (Å²) in [6.45, 7) is 1.11. The summed E-state index contributed by atoms with van der Waals surface area (Å²) < 4.78 is 23.6. The summed E-state index contributed by atoms with van der Waals surface area (Å²) in [6.07, 6.45) is 2.78. The lowest BCUT2D eigenvalue weighted by atomic mass is 10.3. The highest BCUT2D eigenvalue weighted by Crippen LogP contribution is 2.03. The number of sulfone groups is 1. The van der Waals surface area contributed by atoms with Crippen LogP contribution in [0, 0.1) is 0 Å². The van der Waals surface area contributed by atoms with Gasteiger partial charge < -0.3 is 10.4 Å². The molecule has 1 aromatic rings. The second-order valence-electron chi connectivity index (χ2n) is 3.81. The second kappa shape index (κ2) is 6.23. The number of hydrogen-bond acceptors (Lipinski definition) is 6. The Kier molecular flexibility index (Phi) is 4.93. The number of aliphatic carboxylic acids is 1. The van der Waals surface area contributed by atoms with Crippen LogP contribution in [0.2, 0.25) is 0 Å². The van der Waals surface area contributed by atoms with Crippen molar-refractivity contribution >= 4 is 21.7 Å². The van der Waals surface area contributed by atoms with E-state index in [-0.39, 0.29) is 5.82 Å². The molecule has 9 heteroatoms. The van der Waals surface area contributed by atoms with E-state index in [1.807, 2.05) is 0 Å². The maximum atomic E-state index is 11.8. The number of carboxylic acids is 1. The molecule has 19 heavy (non-hydrogen) atoms.